The number of nitrogen functional groups attached to an aromatic ring is 1. The minimum absolute atomic E-state index is 0.819. The lowest BCUT2D eigenvalue weighted by Crippen LogP contribution is -2.21. The van der Waals surface area contributed by atoms with Crippen molar-refractivity contribution in [2.24, 2.45) is 17.8 Å². The van der Waals surface area contributed by atoms with Gasteiger partial charge in [-0.1, -0.05) is 6.42 Å². The zero-order valence-electron chi connectivity index (χ0n) is 11.4. The van der Waals surface area contributed by atoms with Crippen molar-refractivity contribution in [3.63, 3.8) is 0 Å². The molecule has 3 atom stereocenters. The lowest BCUT2D eigenvalue weighted by Gasteiger charge is -2.22. The number of fused-ring (bicyclic) bond motifs is 2. The Labute approximate surface area is 109 Å². The maximum absolute atomic E-state index is 6.09. The van der Waals surface area contributed by atoms with Crippen LogP contribution in [-0.2, 0) is 6.54 Å². The number of rotatable bonds is 4. The Morgan fingerprint density at radius 1 is 1.39 bits per heavy atom. The number of aromatic nitrogens is 2. The van der Waals surface area contributed by atoms with Gasteiger partial charge in [0.05, 0.1) is 11.4 Å². The van der Waals surface area contributed by atoms with E-state index < -0.39 is 0 Å². The van der Waals surface area contributed by atoms with Crippen LogP contribution in [-0.4, -0.2) is 16.3 Å². The first-order valence-electron chi connectivity index (χ1n) is 7.25. The van der Waals surface area contributed by atoms with Crippen LogP contribution in [0.1, 0.15) is 38.3 Å². The van der Waals surface area contributed by atoms with Gasteiger partial charge in [0.1, 0.15) is 5.82 Å². The average Bonchev–Trinajstić information content (AvgIpc) is 3.04. The molecule has 3 rings (SSSR count). The quantitative estimate of drug-likeness (QED) is 0.861. The minimum atomic E-state index is 0.819. The number of nitrogens with one attached hydrogen (secondary N) is 1. The van der Waals surface area contributed by atoms with E-state index in [0.29, 0.717) is 0 Å². The number of nitrogens with zero attached hydrogens (tertiary/aromatic N) is 2. The van der Waals surface area contributed by atoms with E-state index in [4.69, 9.17) is 5.73 Å². The summed E-state index contributed by atoms with van der Waals surface area (Å²) in [5.74, 6) is 3.85. The van der Waals surface area contributed by atoms with Crippen LogP contribution in [0.4, 0.5) is 11.5 Å². The van der Waals surface area contributed by atoms with E-state index in [1.54, 1.807) is 0 Å². The van der Waals surface area contributed by atoms with Gasteiger partial charge < -0.3 is 11.1 Å². The molecule has 2 fully saturated rings. The molecular formula is C14H24N4. The molecule has 3 unspecified atom stereocenters. The van der Waals surface area contributed by atoms with E-state index >= 15 is 0 Å². The van der Waals surface area contributed by atoms with Crippen LogP contribution in [0.15, 0.2) is 0 Å². The lowest BCUT2D eigenvalue weighted by molar-refractivity contribution is 0.348. The highest BCUT2D eigenvalue weighted by Crippen LogP contribution is 2.48. The predicted octanol–water partition coefficient (Wildman–Crippen LogP) is 2.64. The third kappa shape index (κ3) is 1.88. The van der Waals surface area contributed by atoms with Crippen molar-refractivity contribution >= 4 is 11.5 Å². The summed E-state index contributed by atoms with van der Waals surface area (Å²) < 4.78 is 1.98. The molecule has 2 saturated carbocycles. The van der Waals surface area contributed by atoms with Crippen LogP contribution in [0.5, 0.6) is 0 Å². The van der Waals surface area contributed by atoms with Gasteiger partial charge >= 0.3 is 0 Å². The van der Waals surface area contributed by atoms with Crippen LogP contribution in [0.25, 0.3) is 0 Å². The summed E-state index contributed by atoms with van der Waals surface area (Å²) in [7, 11) is 0. The molecular weight excluding hydrogens is 224 g/mol. The first kappa shape index (κ1) is 11.9. The Balaban J connectivity index is 1.66. The highest BCUT2D eigenvalue weighted by molar-refractivity contribution is 5.64. The highest BCUT2D eigenvalue weighted by atomic mass is 15.3. The molecule has 0 saturated heterocycles. The zero-order valence-corrected chi connectivity index (χ0v) is 11.4. The van der Waals surface area contributed by atoms with E-state index in [1.165, 1.54) is 25.7 Å². The zero-order chi connectivity index (χ0) is 12.7. The van der Waals surface area contributed by atoms with Gasteiger partial charge in [0.15, 0.2) is 0 Å². The van der Waals surface area contributed by atoms with Gasteiger partial charge in [-0.15, -0.1) is 0 Å². The van der Waals surface area contributed by atoms with Gasteiger partial charge in [-0.3, -0.25) is 0 Å². The Hall–Kier alpha value is -1.19. The number of nitrogens with two attached hydrogens (primary N) is 1. The molecule has 100 valence electrons. The lowest BCUT2D eigenvalue weighted by atomic mass is 9.89. The van der Waals surface area contributed by atoms with Crippen LogP contribution in [0.2, 0.25) is 0 Å². The molecule has 2 aliphatic rings. The van der Waals surface area contributed by atoms with Crippen LogP contribution < -0.4 is 11.1 Å². The van der Waals surface area contributed by atoms with Crippen molar-refractivity contribution in [3.05, 3.63) is 5.69 Å². The summed E-state index contributed by atoms with van der Waals surface area (Å²) in [5, 5.41) is 8.01. The van der Waals surface area contributed by atoms with Gasteiger partial charge in [-0.05, 0) is 50.9 Å². The molecule has 1 heterocycles. The number of hydrogen-bond donors (Lipinski definition) is 2. The minimum Gasteiger partial charge on any atom is -0.394 e. The molecule has 0 amide bonds. The molecule has 1 aromatic rings. The van der Waals surface area contributed by atoms with Crippen LogP contribution in [0.3, 0.4) is 0 Å². The first-order chi connectivity index (χ1) is 8.69. The molecule has 0 radical (unpaired) electrons. The molecule has 18 heavy (non-hydrogen) atoms. The topological polar surface area (TPSA) is 55.9 Å². The SMILES string of the molecule is CCn1nc(C)c(N)c1NCC1CC2CCC1C2. The smallest absolute Gasteiger partial charge is 0.148 e. The fraction of sp³-hybridized carbons (Fsp3) is 0.786. The second-order valence-corrected chi connectivity index (χ2v) is 5.98. The third-order valence-corrected chi connectivity index (χ3v) is 4.89. The molecule has 0 aliphatic heterocycles. The maximum atomic E-state index is 6.09. The Kier molecular flexibility index (Phi) is 2.96. The van der Waals surface area contributed by atoms with E-state index in [-0.39, 0.29) is 0 Å². The van der Waals surface area contributed by atoms with Crippen LogP contribution in [0, 0.1) is 24.7 Å². The third-order valence-electron chi connectivity index (χ3n) is 4.89. The monoisotopic (exact) mass is 248 g/mol. The van der Waals surface area contributed by atoms with Crippen LogP contribution >= 0.6 is 0 Å². The highest BCUT2D eigenvalue weighted by Gasteiger charge is 2.39. The summed E-state index contributed by atoms with van der Waals surface area (Å²) in [6.07, 6.45) is 5.79. The molecule has 2 aliphatic carbocycles. The molecule has 0 spiro atoms. The standard InChI is InChI=1S/C14H24N4/c1-3-18-14(13(15)9(2)17-18)16-8-12-7-10-4-5-11(12)6-10/h10-12,16H,3-8,15H2,1-2H3. The van der Waals surface area contributed by atoms with Gasteiger partial charge in [0.2, 0.25) is 0 Å². The summed E-state index contributed by atoms with van der Waals surface area (Å²) in [6, 6.07) is 0. The molecule has 4 heteroatoms. The number of anilines is 2. The van der Waals surface area contributed by atoms with Crippen molar-refractivity contribution < 1.29 is 0 Å². The van der Waals surface area contributed by atoms with Gasteiger partial charge in [-0.25, -0.2) is 4.68 Å². The van der Waals surface area contributed by atoms with E-state index in [1.807, 2.05) is 11.6 Å². The van der Waals surface area contributed by atoms with Crippen molar-refractivity contribution in [1.82, 2.24) is 9.78 Å². The number of aryl methyl sites for hydroxylation is 2. The van der Waals surface area contributed by atoms with Crippen molar-refractivity contribution in [3.8, 4) is 0 Å². The van der Waals surface area contributed by atoms with E-state index in [2.05, 4.69) is 17.3 Å². The van der Waals surface area contributed by atoms with Gasteiger partial charge in [0, 0.05) is 13.1 Å². The van der Waals surface area contributed by atoms with Crippen molar-refractivity contribution in [2.75, 3.05) is 17.6 Å². The number of hydrogen-bond acceptors (Lipinski definition) is 3. The van der Waals surface area contributed by atoms with Gasteiger partial charge in [0.25, 0.3) is 0 Å². The Morgan fingerprint density at radius 2 is 2.22 bits per heavy atom. The second-order valence-electron chi connectivity index (χ2n) is 5.98. The molecule has 4 nitrogen and oxygen atoms in total. The van der Waals surface area contributed by atoms with Crippen molar-refractivity contribution in [2.45, 2.75) is 46.1 Å². The summed E-state index contributed by atoms with van der Waals surface area (Å²) in [6.45, 7) is 6.02. The van der Waals surface area contributed by atoms with E-state index in [0.717, 1.165) is 48.0 Å². The molecule has 1 aromatic heterocycles. The molecule has 2 bridgehead atoms. The fourth-order valence-electron chi connectivity index (χ4n) is 3.86. The van der Waals surface area contributed by atoms with E-state index in [9.17, 15) is 0 Å². The molecule has 3 N–H and O–H groups in total. The van der Waals surface area contributed by atoms with Crippen molar-refractivity contribution in [1.29, 1.82) is 0 Å². The first-order valence-corrected chi connectivity index (χ1v) is 7.25. The fourth-order valence-corrected chi connectivity index (χ4v) is 3.86. The average molecular weight is 248 g/mol. The summed E-state index contributed by atoms with van der Waals surface area (Å²) >= 11 is 0. The Morgan fingerprint density at radius 3 is 2.83 bits per heavy atom. The van der Waals surface area contributed by atoms with Gasteiger partial charge in [-0.2, -0.15) is 5.10 Å². The predicted molar refractivity (Wildman–Crippen MR) is 74.5 cm³/mol. The Bertz CT molecular complexity index is 437. The second kappa shape index (κ2) is 4.48. The normalized spacial score (nSPS) is 30.0. The maximum Gasteiger partial charge on any atom is 0.148 e. The molecule has 0 aromatic carbocycles. The largest absolute Gasteiger partial charge is 0.394 e. The summed E-state index contributed by atoms with van der Waals surface area (Å²) in [5.41, 5.74) is 7.85. The summed E-state index contributed by atoms with van der Waals surface area (Å²) in [4.78, 5) is 0.